The molecule has 2 aliphatic rings. The average Bonchev–Trinajstić information content (AvgIpc) is 2.93. The van der Waals surface area contributed by atoms with E-state index >= 15 is 0 Å². The zero-order valence-electron chi connectivity index (χ0n) is 19.9. The standard InChI is InChI=1S/C27H28F3N5O/c28-27(29,30)22-9-4-10-23(18-22)33-14-16-34(17-15-33)26(36)21-8-5-13-35(19-21)25-12-11-24(31-32-25)20-6-2-1-3-7-20/h1-4,6-7,9-12,18,21H,5,8,13-17,19H2. The maximum atomic E-state index is 13.3. The molecule has 36 heavy (non-hydrogen) atoms. The second-order valence-electron chi connectivity index (χ2n) is 9.29. The molecule has 0 N–H and O–H groups in total. The summed E-state index contributed by atoms with van der Waals surface area (Å²) >= 11 is 0. The van der Waals surface area contributed by atoms with E-state index in [-0.39, 0.29) is 11.8 Å². The van der Waals surface area contributed by atoms with Crippen LogP contribution in [0.3, 0.4) is 0 Å². The van der Waals surface area contributed by atoms with E-state index in [1.165, 1.54) is 12.1 Å². The minimum absolute atomic E-state index is 0.109. The lowest BCUT2D eigenvalue weighted by atomic mass is 9.96. The molecular weight excluding hydrogens is 467 g/mol. The van der Waals surface area contributed by atoms with E-state index in [2.05, 4.69) is 15.1 Å². The largest absolute Gasteiger partial charge is 0.416 e. The van der Waals surface area contributed by atoms with E-state index in [1.807, 2.05) is 52.3 Å². The van der Waals surface area contributed by atoms with Crippen LogP contribution in [-0.4, -0.2) is 60.3 Å². The predicted octanol–water partition coefficient (Wildman–Crippen LogP) is 4.73. The number of piperidine rings is 1. The molecular formula is C27H28F3N5O. The van der Waals surface area contributed by atoms with Crippen LogP contribution in [0, 0.1) is 5.92 Å². The minimum Gasteiger partial charge on any atom is -0.368 e. The Bertz CT molecular complexity index is 1180. The minimum atomic E-state index is -4.37. The lowest BCUT2D eigenvalue weighted by molar-refractivity contribution is -0.137. The van der Waals surface area contributed by atoms with Crippen molar-refractivity contribution in [1.29, 1.82) is 0 Å². The Balaban J connectivity index is 1.18. The number of aromatic nitrogens is 2. The number of carbonyl (C=O) groups excluding carboxylic acids is 1. The van der Waals surface area contributed by atoms with Crippen LogP contribution in [-0.2, 0) is 11.0 Å². The Kier molecular flexibility index (Phi) is 6.80. The van der Waals surface area contributed by atoms with E-state index in [9.17, 15) is 18.0 Å². The Hall–Kier alpha value is -3.62. The summed E-state index contributed by atoms with van der Waals surface area (Å²) in [5.74, 6) is 0.744. The number of piperazine rings is 1. The molecule has 1 atom stereocenters. The Morgan fingerprint density at radius 1 is 0.833 bits per heavy atom. The van der Waals surface area contributed by atoms with Gasteiger partial charge in [-0.05, 0) is 43.2 Å². The zero-order valence-corrected chi connectivity index (χ0v) is 19.9. The van der Waals surface area contributed by atoms with Gasteiger partial charge in [0.25, 0.3) is 0 Å². The number of hydrogen-bond acceptors (Lipinski definition) is 5. The fraction of sp³-hybridized carbons (Fsp3) is 0.370. The van der Waals surface area contributed by atoms with Gasteiger partial charge in [0.2, 0.25) is 5.91 Å². The molecule has 0 aliphatic carbocycles. The number of hydrogen-bond donors (Lipinski definition) is 0. The molecule has 5 rings (SSSR count). The zero-order chi connectivity index (χ0) is 25.1. The van der Waals surface area contributed by atoms with Gasteiger partial charge >= 0.3 is 6.18 Å². The van der Waals surface area contributed by atoms with E-state index < -0.39 is 11.7 Å². The molecule has 3 aromatic rings. The smallest absolute Gasteiger partial charge is 0.368 e. The number of halogens is 3. The summed E-state index contributed by atoms with van der Waals surface area (Å²) < 4.78 is 39.2. The van der Waals surface area contributed by atoms with Crippen LogP contribution in [0.5, 0.6) is 0 Å². The molecule has 0 spiro atoms. The second-order valence-corrected chi connectivity index (χ2v) is 9.29. The van der Waals surface area contributed by atoms with Gasteiger partial charge in [-0.25, -0.2) is 0 Å². The monoisotopic (exact) mass is 495 g/mol. The maximum Gasteiger partial charge on any atom is 0.416 e. The molecule has 1 unspecified atom stereocenters. The third-order valence-electron chi connectivity index (χ3n) is 6.94. The first-order chi connectivity index (χ1) is 17.4. The number of amides is 1. The van der Waals surface area contributed by atoms with Gasteiger partial charge in [0.15, 0.2) is 5.82 Å². The average molecular weight is 496 g/mol. The number of nitrogens with zero attached hydrogens (tertiary/aromatic N) is 5. The summed E-state index contributed by atoms with van der Waals surface area (Å²) in [5, 5.41) is 8.80. The molecule has 188 valence electrons. The van der Waals surface area contributed by atoms with Crippen molar-refractivity contribution in [2.24, 2.45) is 5.92 Å². The topological polar surface area (TPSA) is 52.6 Å². The molecule has 6 nitrogen and oxygen atoms in total. The third kappa shape index (κ3) is 5.29. The molecule has 2 aliphatic heterocycles. The van der Waals surface area contributed by atoms with Crippen LogP contribution in [0.4, 0.5) is 24.7 Å². The Morgan fingerprint density at radius 3 is 2.31 bits per heavy atom. The highest BCUT2D eigenvalue weighted by atomic mass is 19.4. The fourth-order valence-electron chi connectivity index (χ4n) is 4.97. The Labute approximate surface area is 208 Å². The molecule has 0 saturated carbocycles. The van der Waals surface area contributed by atoms with Crippen LogP contribution in [0.15, 0.2) is 66.7 Å². The first kappa shape index (κ1) is 24.1. The lowest BCUT2D eigenvalue weighted by Crippen LogP contribution is -2.52. The van der Waals surface area contributed by atoms with Gasteiger partial charge in [0, 0.05) is 50.5 Å². The van der Waals surface area contributed by atoms with Crippen molar-refractivity contribution >= 4 is 17.4 Å². The summed E-state index contributed by atoms with van der Waals surface area (Å²) in [6, 6.07) is 19.2. The van der Waals surface area contributed by atoms with Gasteiger partial charge in [0.1, 0.15) is 0 Å². The number of anilines is 2. The SMILES string of the molecule is O=C(C1CCCN(c2ccc(-c3ccccc3)nn2)C1)N1CCN(c2cccc(C(F)(F)F)c2)CC1. The first-order valence-corrected chi connectivity index (χ1v) is 12.2. The van der Waals surface area contributed by atoms with Crippen LogP contribution < -0.4 is 9.80 Å². The van der Waals surface area contributed by atoms with Crippen molar-refractivity contribution in [3.63, 3.8) is 0 Å². The molecule has 0 radical (unpaired) electrons. The summed E-state index contributed by atoms with van der Waals surface area (Å²) in [4.78, 5) is 19.2. The van der Waals surface area contributed by atoms with Crippen molar-refractivity contribution in [1.82, 2.24) is 15.1 Å². The summed E-state index contributed by atoms with van der Waals surface area (Å²) in [7, 11) is 0. The molecule has 2 aromatic carbocycles. The summed E-state index contributed by atoms with van der Waals surface area (Å²) in [6.45, 7) is 3.43. The van der Waals surface area contributed by atoms with E-state index in [0.717, 1.165) is 42.5 Å². The van der Waals surface area contributed by atoms with Crippen LogP contribution >= 0.6 is 0 Å². The van der Waals surface area contributed by atoms with Gasteiger partial charge in [0.05, 0.1) is 17.2 Å². The predicted molar refractivity (Wildman–Crippen MR) is 133 cm³/mol. The number of rotatable bonds is 4. The van der Waals surface area contributed by atoms with Gasteiger partial charge < -0.3 is 14.7 Å². The van der Waals surface area contributed by atoms with Crippen molar-refractivity contribution in [2.75, 3.05) is 49.1 Å². The Morgan fingerprint density at radius 2 is 1.61 bits per heavy atom. The van der Waals surface area contributed by atoms with Gasteiger partial charge in [-0.2, -0.15) is 13.2 Å². The van der Waals surface area contributed by atoms with E-state index in [0.29, 0.717) is 38.4 Å². The molecule has 9 heteroatoms. The lowest BCUT2D eigenvalue weighted by Gasteiger charge is -2.40. The van der Waals surface area contributed by atoms with Crippen LogP contribution in [0.2, 0.25) is 0 Å². The van der Waals surface area contributed by atoms with Crippen molar-refractivity contribution in [3.8, 4) is 11.3 Å². The van der Waals surface area contributed by atoms with Crippen molar-refractivity contribution in [3.05, 3.63) is 72.3 Å². The highest BCUT2D eigenvalue weighted by molar-refractivity contribution is 5.80. The van der Waals surface area contributed by atoms with E-state index in [4.69, 9.17) is 0 Å². The molecule has 0 bridgehead atoms. The number of benzene rings is 2. The highest BCUT2D eigenvalue weighted by Gasteiger charge is 2.33. The maximum absolute atomic E-state index is 13.3. The van der Waals surface area contributed by atoms with Crippen molar-refractivity contribution < 1.29 is 18.0 Å². The second kappa shape index (κ2) is 10.2. The normalized spacial score (nSPS) is 18.9. The summed E-state index contributed by atoms with van der Waals surface area (Å²) in [5.41, 5.74) is 1.70. The van der Waals surface area contributed by atoms with Gasteiger partial charge in [-0.1, -0.05) is 36.4 Å². The van der Waals surface area contributed by atoms with Crippen molar-refractivity contribution in [2.45, 2.75) is 19.0 Å². The third-order valence-corrected chi connectivity index (χ3v) is 6.94. The van der Waals surface area contributed by atoms with Gasteiger partial charge in [-0.3, -0.25) is 4.79 Å². The van der Waals surface area contributed by atoms with Crippen LogP contribution in [0.1, 0.15) is 18.4 Å². The fourth-order valence-corrected chi connectivity index (χ4v) is 4.97. The number of carbonyl (C=O) groups is 1. The molecule has 1 aromatic heterocycles. The quantitative estimate of drug-likeness (QED) is 0.524. The van der Waals surface area contributed by atoms with E-state index in [1.54, 1.807) is 6.07 Å². The summed E-state index contributed by atoms with van der Waals surface area (Å²) in [6.07, 6.45) is -2.66. The highest BCUT2D eigenvalue weighted by Crippen LogP contribution is 2.32. The molecule has 2 saturated heterocycles. The molecule has 1 amide bonds. The number of alkyl halides is 3. The van der Waals surface area contributed by atoms with Crippen LogP contribution in [0.25, 0.3) is 11.3 Å². The molecule has 2 fully saturated rings. The molecule has 3 heterocycles. The first-order valence-electron chi connectivity index (χ1n) is 12.2. The van der Waals surface area contributed by atoms with Gasteiger partial charge in [-0.15, -0.1) is 10.2 Å².